The fraction of sp³-hybridized carbons (Fsp3) is 0.192. The van der Waals surface area contributed by atoms with Crippen molar-refractivity contribution >= 4 is 28.6 Å². The third-order valence-corrected chi connectivity index (χ3v) is 7.17. The maximum atomic E-state index is 12.8. The number of thiazole rings is 1. The average Bonchev–Trinajstić information content (AvgIpc) is 3.38. The number of pyridine rings is 1. The smallest absolute Gasteiger partial charge is 0.255 e. The fourth-order valence-electron chi connectivity index (χ4n) is 4.23. The normalized spacial score (nSPS) is 15.2. The first-order valence-corrected chi connectivity index (χ1v) is 11.7. The number of rotatable bonds is 5. The molecule has 0 atom stereocenters. The third-order valence-electron chi connectivity index (χ3n) is 6.13. The van der Waals surface area contributed by atoms with Gasteiger partial charge < -0.3 is 15.8 Å². The average molecular weight is 457 g/mol. The zero-order valence-electron chi connectivity index (χ0n) is 18.0. The lowest BCUT2D eigenvalue weighted by molar-refractivity contribution is 0.0630. The van der Waals surface area contributed by atoms with Crippen molar-refractivity contribution in [3.8, 4) is 11.3 Å². The molecule has 0 saturated carbocycles. The van der Waals surface area contributed by atoms with Crippen LogP contribution in [0.2, 0.25) is 0 Å². The Hall–Kier alpha value is -3.55. The number of nitrogens with zero attached hydrogens (tertiary/aromatic N) is 2. The number of amides is 1. The number of aromatic nitrogens is 2. The first-order chi connectivity index (χ1) is 16.2. The van der Waals surface area contributed by atoms with Gasteiger partial charge in [0, 0.05) is 42.1 Å². The molecule has 0 spiro atoms. The summed E-state index contributed by atoms with van der Waals surface area (Å²) in [5.41, 5.74) is 10.5. The van der Waals surface area contributed by atoms with Crippen LogP contribution in [0.5, 0.6) is 0 Å². The van der Waals surface area contributed by atoms with Crippen LogP contribution in [0.1, 0.15) is 33.8 Å². The van der Waals surface area contributed by atoms with Gasteiger partial charge in [-0.05, 0) is 54.8 Å². The van der Waals surface area contributed by atoms with Crippen LogP contribution in [0.3, 0.4) is 0 Å². The number of nitrogen functional groups attached to an aromatic ring is 1. The van der Waals surface area contributed by atoms with Gasteiger partial charge in [0.2, 0.25) is 0 Å². The van der Waals surface area contributed by atoms with Crippen molar-refractivity contribution in [2.45, 2.75) is 18.3 Å². The summed E-state index contributed by atoms with van der Waals surface area (Å²) in [6.45, 7) is 1.36. The van der Waals surface area contributed by atoms with E-state index in [-0.39, 0.29) is 11.3 Å². The van der Waals surface area contributed by atoms with Crippen molar-refractivity contribution in [3.63, 3.8) is 0 Å². The fourth-order valence-corrected chi connectivity index (χ4v) is 5.34. The number of anilines is 2. The van der Waals surface area contributed by atoms with Gasteiger partial charge in [0.05, 0.1) is 22.5 Å². The Morgan fingerprint density at radius 2 is 1.82 bits per heavy atom. The molecule has 1 saturated heterocycles. The second-order valence-corrected chi connectivity index (χ2v) is 8.95. The number of nitrogens with two attached hydrogens (primary N) is 1. The van der Waals surface area contributed by atoms with Crippen LogP contribution in [0, 0.1) is 0 Å². The molecule has 3 heterocycles. The van der Waals surface area contributed by atoms with Gasteiger partial charge >= 0.3 is 0 Å². The molecule has 1 aliphatic heterocycles. The van der Waals surface area contributed by atoms with Crippen molar-refractivity contribution in [3.05, 3.63) is 94.6 Å². The third kappa shape index (κ3) is 4.25. The molecule has 2 aromatic heterocycles. The van der Waals surface area contributed by atoms with Crippen LogP contribution in [-0.4, -0.2) is 29.1 Å². The number of hydrogen-bond donors (Lipinski definition) is 2. The van der Waals surface area contributed by atoms with E-state index in [1.54, 1.807) is 29.7 Å². The van der Waals surface area contributed by atoms with Crippen molar-refractivity contribution in [2.75, 3.05) is 24.3 Å². The van der Waals surface area contributed by atoms with Crippen molar-refractivity contribution in [1.29, 1.82) is 0 Å². The van der Waals surface area contributed by atoms with Crippen molar-refractivity contribution < 1.29 is 9.53 Å². The lowest BCUT2D eigenvalue weighted by Crippen LogP contribution is -2.35. The molecule has 4 aromatic rings. The number of hydrogen-bond acceptors (Lipinski definition) is 6. The zero-order valence-corrected chi connectivity index (χ0v) is 18.8. The highest BCUT2D eigenvalue weighted by Gasteiger charge is 2.39. The summed E-state index contributed by atoms with van der Waals surface area (Å²) in [5.74, 6) is -0.186. The summed E-state index contributed by atoms with van der Waals surface area (Å²) in [7, 11) is 0. The Kier molecular flexibility index (Phi) is 5.90. The highest BCUT2D eigenvalue weighted by molar-refractivity contribution is 7.10. The van der Waals surface area contributed by atoms with Crippen LogP contribution >= 0.6 is 11.3 Å². The van der Waals surface area contributed by atoms with Crippen LogP contribution in [0.4, 0.5) is 11.4 Å². The lowest BCUT2D eigenvalue weighted by Gasteiger charge is -2.36. The minimum Gasteiger partial charge on any atom is -0.397 e. The molecule has 1 aliphatic rings. The number of nitrogens with one attached hydrogen (secondary N) is 1. The number of ether oxygens (including phenoxy) is 1. The highest BCUT2D eigenvalue weighted by Crippen LogP contribution is 2.43. The molecule has 33 heavy (non-hydrogen) atoms. The van der Waals surface area contributed by atoms with Crippen molar-refractivity contribution in [1.82, 2.24) is 9.97 Å². The summed E-state index contributed by atoms with van der Waals surface area (Å²) in [6, 6.07) is 19.0. The van der Waals surface area contributed by atoms with E-state index in [1.807, 2.05) is 54.7 Å². The first kappa shape index (κ1) is 21.3. The van der Waals surface area contributed by atoms with Gasteiger partial charge in [0.15, 0.2) is 0 Å². The molecular weight excluding hydrogens is 432 g/mol. The summed E-state index contributed by atoms with van der Waals surface area (Å²) in [4.78, 5) is 22.0. The SMILES string of the molecule is Nc1ccccc1NC(=O)c1ccc(C2(c3nc(-c4cccnc4)cs3)CCOCC2)cc1. The second-order valence-electron chi connectivity index (χ2n) is 8.09. The minimum atomic E-state index is -0.234. The van der Waals surface area contributed by atoms with Crippen LogP contribution in [0.25, 0.3) is 11.3 Å². The summed E-state index contributed by atoms with van der Waals surface area (Å²) in [5, 5.41) is 6.05. The van der Waals surface area contributed by atoms with Crippen molar-refractivity contribution in [2.24, 2.45) is 0 Å². The second kappa shape index (κ2) is 9.13. The molecule has 2 aromatic carbocycles. The van der Waals surface area contributed by atoms with Gasteiger partial charge in [-0.25, -0.2) is 4.98 Å². The number of carbonyl (C=O) groups excluding carboxylic acids is 1. The molecule has 6 nitrogen and oxygen atoms in total. The largest absolute Gasteiger partial charge is 0.397 e. The predicted molar refractivity (Wildman–Crippen MR) is 131 cm³/mol. The Morgan fingerprint density at radius 3 is 2.55 bits per heavy atom. The minimum absolute atomic E-state index is 0.186. The van der Waals surface area contributed by atoms with Gasteiger partial charge in [-0.3, -0.25) is 9.78 Å². The monoisotopic (exact) mass is 456 g/mol. The quantitative estimate of drug-likeness (QED) is 0.406. The van der Waals surface area contributed by atoms with E-state index in [1.165, 1.54) is 0 Å². The lowest BCUT2D eigenvalue weighted by atomic mass is 9.74. The van der Waals surface area contributed by atoms with E-state index in [2.05, 4.69) is 15.7 Å². The molecule has 166 valence electrons. The van der Waals surface area contributed by atoms with E-state index < -0.39 is 0 Å². The predicted octanol–water partition coefficient (Wildman–Crippen LogP) is 5.14. The number of benzene rings is 2. The Morgan fingerprint density at radius 1 is 1.03 bits per heavy atom. The van der Waals surface area contributed by atoms with Gasteiger partial charge in [0.25, 0.3) is 5.91 Å². The van der Waals surface area contributed by atoms with Gasteiger partial charge in [-0.1, -0.05) is 24.3 Å². The number of carbonyl (C=O) groups is 1. The standard InChI is InChI=1S/C26H24N4O2S/c27-21-5-1-2-6-22(21)29-24(31)18-7-9-20(10-8-18)26(11-14-32-15-12-26)25-30-23(17-33-25)19-4-3-13-28-16-19/h1-10,13,16-17H,11-12,14-15,27H2,(H,29,31). The Labute approximate surface area is 196 Å². The summed E-state index contributed by atoms with van der Waals surface area (Å²) < 4.78 is 5.69. The molecule has 5 rings (SSSR count). The molecule has 1 fully saturated rings. The topological polar surface area (TPSA) is 90.1 Å². The van der Waals surface area contributed by atoms with E-state index >= 15 is 0 Å². The molecule has 1 amide bonds. The molecule has 0 aliphatic carbocycles. The Balaban J connectivity index is 1.43. The van der Waals surface area contributed by atoms with Gasteiger partial charge in [0.1, 0.15) is 5.01 Å². The summed E-state index contributed by atoms with van der Waals surface area (Å²) >= 11 is 1.67. The number of para-hydroxylation sites is 2. The molecule has 0 unspecified atom stereocenters. The first-order valence-electron chi connectivity index (χ1n) is 10.9. The highest BCUT2D eigenvalue weighted by atomic mass is 32.1. The van der Waals surface area contributed by atoms with E-state index in [9.17, 15) is 4.79 Å². The van der Waals surface area contributed by atoms with Gasteiger partial charge in [-0.15, -0.1) is 11.3 Å². The molecule has 0 radical (unpaired) electrons. The van der Waals surface area contributed by atoms with Crippen LogP contribution < -0.4 is 11.1 Å². The maximum Gasteiger partial charge on any atom is 0.255 e. The molecule has 7 heteroatoms. The van der Waals surface area contributed by atoms with Crippen LogP contribution in [0.15, 0.2) is 78.4 Å². The van der Waals surface area contributed by atoms with E-state index in [0.717, 1.165) is 34.7 Å². The Bertz CT molecular complexity index is 1250. The van der Waals surface area contributed by atoms with Gasteiger partial charge in [-0.2, -0.15) is 0 Å². The zero-order chi connectivity index (χ0) is 22.7. The van der Waals surface area contributed by atoms with Crippen LogP contribution in [-0.2, 0) is 10.2 Å². The molecule has 3 N–H and O–H groups in total. The van der Waals surface area contributed by atoms with E-state index in [0.29, 0.717) is 30.2 Å². The molecular formula is C26H24N4O2S. The maximum absolute atomic E-state index is 12.8. The molecule has 0 bridgehead atoms. The summed E-state index contributed by atoms with van der Waals surface area (Å²) in [6.07, 6.45) is 5.29. The van der Waals surface area contributed by atoms with E-state index in [4.69, 9.17) is 15.5 Å².